The van der Waals surface area contributed by atoms with Crippen LogP contribution in [0.3, 0.4) is 0 Å². The Morgan fingerprint density at radius 2 is 1.32 bits per heavy atom. The Hall–Kier alpha value is -2.38. The van der Waals surface area contributed by atoms with E-state index in [0.29, 0.717) is 0 Å². The third kappa shape index (κ3) is 1.63. The minimum Gasteiger partial charge on any atom is -0.144 e. The van der Waals surface area contributed by atoms with Crippen molar-refractivity contribution in [1.82, 2.24) is 0 Å². The van der Waals surface area contributed by atoms with E-state index >= 15 is 0 Å². The van der Waals surface area contributed by atoms with Gasteiger partial charge >= 0.3 is 0 Å². The Morgan fingerprint density at radius 3 is 2.05 bits per heavy atom. The predicted octanol–water partition coefficient (Wildman–Crippen LogP) is 6.67. The van der Waals surface area contributed by atoms with E-state index in [-0.39, 0.29) is 0 Å². The summed E-state index contributed by atoms with van der Waals surface area (Å²) in [5.74, 6) is 0. The molecule has 0 nitrogen and oxygen atoms in total. The molecule has 0 atom stereocenters. The second-order valence-electron chi connectivity index (χ2n) is 5.97. The van der Waals surface area contributed by atoms with E-state index in [1.54, 1.807) is 0 Å². The lowest BCUT2D eigenvalue weighted by Crippen LogP contribution is -1.82. The second-order valence-corrected chi connectivity index (χ2v) is 6.92. The molecular formula is C21H14S. The number of rotatable bonds is 0. The maximum absolute atomic E-state index is 2.36. The van der Waals surface area contributed by atoms with Crippen LogP contribution in [0.1, 0.15) is 5.56 Å². The van der Waals surface area contributed by atoms with Gasteiger partial charge in [-0.3, -0.25) is 0 Å². The summed E-state index contributed by atoms with van der Waals surface area (Å²) in [5, 5.41) is 11.6. The monoisotopic (exact) mass is 298 g/mol. The smallest absolute Gasteiger partial charge is 0.0351 e. The lowest BCUT2D eigenvalue weighted by Gasteiger charge is -2.08. The number of hydrogen-bond acceptors (Lipinski definition) is 1. The summed E-state index contributed by atoms with van der Waals surface area (Å²) in [6.07, 6.45) is 0. The molecule has 0 aliphatic carbocycles. The topological polar surface area (TPSA) is 0 Å². The molecule has 0 aliphatic heterocycles. The molecule has 104 valence electrons. The summed E-state index contributed by atoms with van der Waals surface area (Å²) in [7, 11) is 0. The van der Waals surface area contributed by atoms with Crippen LogP contribution in [-0.4, -0.2) is 0 Å². The average molecular weight is 298 g/mol. The van der Waals surface area contributed by atoms with Gasteiger partial charge in [0.1, 0.15) is 0 Å². The molecule has 0 aliphatic rings. The largest absolute Gasteiger partial charge is 0.144 e. The highest BCUT2D eigenvalue weighted by Crippen LogP contribution is 2.35. The molecule has 1 heteroatoms. The predicted molar refractivity (Wildman–Crippen MR) is 99.1 cm³/mol. The molecule has 1 aromatic heterocycles. The summed E-state index contributed by atoms with van der Waals surface area (Å²) >= 11 is 1.82. The third-order valence-corrected chi connectivity index (χ3v) is 5.46. The Balaban J connectivity index is 2.02. The number of benzene rings is 4. The molecule has 0 saturated heterocycles. The van der Waals surface area contributed by atoms with Crippen LogP contribution in [0.5, 0.6) is 0 Å². The van der Waals surface area contributed by atoms with Gasteiger partial charge in [0.25, 0.3) is 0 Å². The molecule has 1 heterocycles. The first-order valence-electron chi connectivity index (χ1n) is 7.53. The first-order valence-corrected chi connectivity index (χ1v) is 8.41. The number of hydrogen-bond donors (Lipinski definition) is 0. The fourth-order valence-electron chi connectivity index (χ4n) is 3.47. The van der Waals surface area contributed by atoms with Crippen molar-refractivity contribution in [2.45, 2.75) is 6.92 Å². The average Bonchev–Trinajstić information content (AvgIpc) is 3.00. The summed E-state index contributed by atoms with van der Waals surface area (Å²) in [6, 6.07) is 22.5. The normalized spacial score (nSPS) is 11.9. The van der Waals surface area contributed by atoms with Crippen LogP contribution in [-0.2, 0) is 0 Å². The minimum atomic E-state index is 1.31. The highest BCUT2D eigenvalue weighted by molar-refractivity contribution is 7.17. The molecule has 0 saturated carbocycles. The fourth-order valence-corrected chi connectivity index (χ4v) is 4.37. The zero-order valence-corrected chi connectivity index (χ0v) is 13.1. The summed E-state index contributed by atoms with van der Waals surface area (Å²) < 4.78 is 1.38. The molecule has 0 unspecified atom stereocenters. The number of aryl methyl sites for hydroxylation is 1. The van der Waals surface area contributed by atoms with Gasteiger partial charge in [0.15, 0.2) is 0 Å². The van der Waals surface area contributed by atoms with Crippen molar-refractivity contribution in [2.24, 2.45) is 0 Å². The van der Waals surface area contributed by atoms with Crippen molar-refractivity contribution in [3.63, 3.8) is 0 Å². The molecule has 0 N–H and O–H groups in total. The first-order chi connectivity index (χ1) is 10.8. The van der Waals surface area contributed by atoms with Gasteiger partial charge in [-0.25, -0.2) is 0 Å². The van der Waals surface area contributed by atoms with Crippen molar-refractivity contribution < 1.29 is 0 Å². The number of fused-ring (bicyclic) bond motifs is 5. The lowest BCUT2D eigenvalue weighted by atomic mass is 9.96. The van der Waals surface area contributed by atoms with Crippen molar-refractivity contribution >= 4 is 53.7 Å². The van der Waals surface area contributed by atoms with Crippen LogP contribution in [0, 0.1) is 6.92 Å². The SMILES string of the molecule is Cc1cc2sccc2c2cc3cc4ccccc4cc3cc12. The first kappa shape index (κ1) is 12.2. The molecular weight excluding hydrogens is 284 g/mol. The number of thiophene rings is 1. The van der Waals surface area contributed by atoms with Gasteiger partial charge in [-0.15, -0.1) is 11.3 Å². The van der Waals surface area contributed by atoms with E-state index in [4.69, 9.17) is 0 Å². The van der Waals surface area contributed by atoms with Gasteiger partial charge in [0.2, 0.25) is 0 Å². The van der Waals surface area contributed by atoms with Crippen LogP contribution in [0.15, 0.2) is 66.0 Å². The lowest BCUT2D eigenvalue weighted by molar-refractivity contribution is 1.57. The molecule has 0 amide bonds. The molecule has 5 rings (SSSR count). The van der Waals surface area contributed by atoms with Gasteiger partial charge in [-0.2, -0.15) is 0 Å². The maximum atomic E-state index is 2.36. The van der Waals surface area contributed by atoms with Crippen LogP contribution < -0.4 is 0 Å². The summed E-state index contributed by atoms with van der Waals surface area (Å²) in [6.45, 7) is 2.22. The maximum Gasteiger partial charge on any atom is 0.0351 e. The molecule has 4 aromatic carbocycles. The van der Waals surface area contributed by atoms with Crippen LogP contribution in [0.25, 0.3) is 42.4 Å². The zero-order valence-electron chi connectivity index (χ0n) is 12.3. The minimum absolute atomic E-state index is 1.31. The van der Waals surface area contributed by atoms with Gasteiger partial charge in [-0.05, 0) is 86.6 Å². The van der Waals surface area contributed by atoms with Gasteiger partial charge in [0.05, 0.1) is 0 Å². The Bertz CT molecular complexity index is 1180. The molecule has 0 radical (unpaired) electrons. The molecule has 22 heavy (non-hydrogen) atoms. The van der Waals surface area contributed by atoms with Crippen LogP contribution >= 0.6 is 11.3 Å². The Kier molecular flexibility index (Phi) is 2.39. The van der Waals surface area contributed by atoms with Crippen LogP contribution in [0.2, 0.25) is 0 Å². The Morgan fingerprint density at radius 1 is 0.636 bits per heavy atom. The van der Waals surface area contributed by atoms with Gasteiger partial charge < -0.3 is 0 Å². The van der Waals surface area contributed by atoms with E-state index in [9.17, 15) is 0 Å². The van der Waals surface area contributed by atoms with Crippen molar-refractivity contribution in [3.8, 4) is 0 Å². The fraction of sp³-hybridized carbons (Fsp3) is 0.0476. The van der Waals surface area contributed by atoms with Gasteiger partial charge in [-0.1, -0.05) is 24.3 Å². The van der Waals surface area contributed by atoms with Crippen molar-refractivity contribution in [1.29, 1.82) is 0 Å². The van der Waals surface area contributed by atoms with Crippen molar-refractivity contribution in [3.05, 3.63) is 71.6 Å². The quantitative estimate of drug-likeness (QED) is 0.280. The highest BCUT2D eigenvalue weighted by atomic mass is 32.1. The summed E-state index contributed by atoms with van der Waals surface area (Å²) in [5.41, 5.74) is 1.36. The van der Waals surface area contributed by atoms with Gasteiger partial charge in [0, 0.05) is 10.1 Å². The standard InChI is InChI=1S/C21H14S/c1-13-8-21-18(6-7-22-21)20-12-17-10-15-5-3-2-4-14(15)9-16(17)11-19(13)20/h2-12H,1H3. The van der Waals surface area contributed by atoms with E-state index in [1.165, 1.54) is 48.0 Å². The highest BCUT2D eigenvalue weighted by Gasteiger charge is 2.07. The second kappa shape index (κ2) is 4.31. The zero-order chi connectivity index (χ0) is 14.7. The Labute approximate surface area is 132 Å². The van der Waals surface area contributed by atoms with Crippen LogP contribution in [0.4, 0.5) is 0 Å². The summed E-state index contributed by atoms with van der Waals surface area (Å²) in [4.78, 5) is 0. The van der Waals surface area contributed by atoms with Crippen molar-refractivity contribution in [2.75, 3.05) is 0 Å². The third-order valence-electron chi connectivity index (χ3n) is 4.60. The molecule has 0 fully saturated rings. The van der Waals surface area contributed by atoms with E-state index in [1.807, 2.05) is 11.3 Å². The molecule has 0 spiro atoms. The molecule has 0 bridgehead atoms. The molecule has 5 aromatic rings. The van der Waals surface area contributed by atoms with E-state index < -0.39 is 0 Å². The van der Waals surface area contributed by atoms with E-state index in [0.717, 1.165) is 0 Å². The van der Waals surface area contributed by atoms with E-state index in [2.05, 4.69) is 73.0 Å².